The lowest BCUT2D eigenvalue weighted by atomic mass is 9.89. The third kappa shape index (κ3) is 2.01. The molecule has 0 saturated carbocycles. The van der Waals surface area contributed by atoms with Crippen LogP contribution in [0.4, 0.5) is 5.69 Å². The predicted molar refractivity (Wildman–Crippen MR) is 80.0 cm³/mol. The minimum Gasteiger partial charge on any atom is -0.399 e. The van der Waals surface area contributed by atoms with Crippen molar-refractivity contribution in [2.75, 3.05) is 5.73 Å². The molecule has 94 valence electrons. The van der Waals surface area contributed by atoms with Crippen molar-refractivity contribution in [2.24, 2.45) is 0 Å². The van der Waals surface area contributed by atoms with Gasteiger partial charge in [-0.05, 0) is 85.7 Å². The van der Waals surface area contributed by atoms with Crippen LogP contribution in [-0.2, 0) is 0 Å². The molecule has 2 rings (SSSR count). The fraction of sp³-hybridized carbons (Fsp3) is 0.294. The Morgan fingerprint density at radius 3 is 1.78 bits per heavy atom. The highest BCUT2D eigenvalue weighted by molar-refractivity contribution is 5.75. The van der Waals surface area contributed by atoms with E-state index in [2.05, 4.69) is 52.8 Å². The molecular weight excluding hydrogens is 218 g/mol. The first-order valence-electron chi connectivity index (χ1n) is 6.35. The average molecular weight is 239 g/mol. The molecule has 0 radical (unpaired) electrons. The summed E-state index contributed by atoms with van der Waals surface area (Å²) in [5, 5.41) is 0. The summed E-state index contributed by atoms with van der Waals surface area (Å²) in [6.45, 7) is 10.8. The van der Waals surface area contributed by atoms with Crippen LogP contribution in [0.1, 0.15) is 27.8 Å². The number of nitrogens with two attached hydrogens (primary N) is 1. The maximum absolute atomic E-state index is 5.90. The normalized spacial score (nSPS) is 10.7. The summed E-state index contributed by atoms with van der Waals surface area (Å²) in [5.41, 5.74) is 16.0. The van der Waals surface area contributed by atoms with Crippen LogP contribution >= 0.6 is 0 Å². The van der Waals surface area contributed by atoms with E-state index < -0.39 is 0 Å². The second kappa shape index (κ2) is 4.49. The van der Waals surface area contributed by atoms with Gasteiger partial charge in [0.2, 0.25) is 0 Å². The molecule has 1 nitrogen and oxygen atoms in total. The minimum atomic E-state index is 0.860. The molecule has 2 N–H and O–H groups in total. The zero-order chi connectivity index (χ0) is 13.4. The van der Waals surface area contributed by atoms with Gasteiger partial charge in [0.05, 0.1) is 0 Å². The van der Waals surface area contributed by atoms with E-state index in [1.165, 1.54) is 33.4 Å². The van der Waals surface area contributed by atoms with Crippen LogP contribution in [0.2, 0.25) is 0 Å². The Morgan fingerprint density at radius 2 is 1.28 bits per heavy atom. The Kier molecular flexibility index (Phi) is 3.16. The average Bonchev–Trinajstić information content (AvgIpc) is 2.31. The highest BCUT2D eigenvalue weighted by Gasteiger charge is 2.11. The standard InChI is InChI=1S/C17H21N/c1-10-8-11(2)14(5)17(13(10)4)15-6-7-16(18)12(3)9-15/h6-9H,18H2,1-5H3. The van der Waals surface area contributed by atoms with Gasteiger partial charge in [0.25, 0.3) is 0 Å². The summed E-state index contributed by atoms with van der Waals surface area (Å²) in [4.78, 5) is 0. The summed E-state index contributed by atoms with van der Waals surface area (Å²) in [6, 6.07) is 8.57. The topological polar surface area (TPSA) is 26.0 Å². The van der Waals surface area contributed by atoms with E-state index >= 15 is 0 Å². The summed E-state index contributed by atoms with van der Waals surface area (Å²) < 4.78 is 0. The van der Waals surface area contributed by atoms with E-state index in [1.807, 2.05) is 6.07 Å². The van der Waals surface area contributed by atoms with Crippen LogP contribution in [0.3, 0.4) is 0 Å². The van der Waals surface area contributed by atoms with Crippen molar-refractivity contribution in [1.82, 2.24) is 0 Å². The number of hydrogen-bond donors (Lipinski definition) is 1. The van der Waals surface area contributed by atoms with Gasteiger partial charge < -0.3 is 5.73 Å². The third-order valence-electron chi connectivity index (χ3n) is 3.92. The third-order valence-corrected chi connectivity index (χ3v) is 3.92. The van der Waals surface area contributed by atoms with Gasteiger partial charge in [-0.3, -0.25) is 0 Å². The fourth-order valence-electron chi connectivity index (χ4n) is 2.48. The largest absolute Gasteiger partial charge is 0.399 e. The number of benzene rings is 2. The molecule has 0 aliphatic rings. The first kappa shape index (κ1) is 12.7. The summed E-state index contributed by atoms with van der Waals surface area (Å²) in [5.74, 6) is 0. The molecule has 0 amide bonds. The highest BCUT2D eigenvalue weighted by Crippen LogP contribution is 2.32. The molecule has 0 bridgehead atoms. The number of rotatable bonds is 1. The lowest BCUT2D eigenvalue weighted by Crippen LogP contribution is -1.96. The lowest BCUT2D eigenvalue weighted by molar-refractivity contribution is 1.24. The number of hydrogen-bond acceptors (Lipinski definition) is 1. The van der Waals surface area contributed by atoms with E-state index in [0.717, 1.165) is 11.3 Å². The summed E-state index contributed by atoms with van der Waals surface area (Å²) >= 11 is 0. The Hall–Kier alpha value is -1.76. The highest BCUT2D eigenvalue weighted by atomic mass is 14.5. The molecule has 0 saturated heterocycles. The van der Waals surface area contributed by atoms with Crippen LogP contribution in [0.5, 0.6) is 0 Å². The van der Waals surface area contributed by atoms with E-state index in [-0.39, 0.29) is 0 Å². The first-order chi connectivity index (χ1) is 8.41. The van der Waals surface area contributed by atoms with E-state index in [1.54, 1.807) is 0 Å². The Balaban J connectivity index is 2.74. The van der Waals surface area contributed by atoms with Gasteiger partial charge in [0.15, 0.2) is 0 Å². The maximum atomic E-state index is 5.90. The molecule has 1 heteroatoms. The van der Waals surface area contributed by atoms with Crippen LogP contribution in [-0.4, -0.2) is 0 Å². The van der Waals surface area contributed by atoms with E-state index in [4.69, 9.17) is 5.73 Å². The number of anilines is 1. The molecule has 0 aliphatic carbocycles. The summed E-state index contributed by atoms with van der Waals surface area (Å²) in [6.07, 6.45) is 0. The lowest BCUT2D eigenvalue weighted by Gasteiger charge is -2.16. The molecule has 0 aliphatic heterocycles. The first-order valence-corrected chi connectivity index (χ1v) is 6.35. The minimum absolute atomic E-state index is 0.860. The van der Waals surface area contributed by atoms with Gasteiger partial charge in [0, 0.05) is 5.69 Å². The van der Waals surface area contributed by atoms with Crippen LogP contribution in [0, 0.1) is 34.6 Å². The van der Waals surface area contributed by atoms with E-state index in [9.17, 15) is 0 Å². The molecular formula is C17H21N. The van der Waals surface area contributed by atoms with Crippen LogP contribution in [0.15, 0.2) is 24.3 Å². The summed E-state index contributed by atoms with van der Waals surface area (Å²) in [7, 11) is 0. The second-order valence-electron chi connectivity index (χ2n) is 5.21. The quantitative estimate of drug-likeness (QED) is 0.730. The molecule has 0 heterocycles. The number of aryl methyl sites for hydroxylation is 3. The SMILES string of the molecule is Cc1cc(-c2c(C)c(C)cc(C)c2C)ccc1N. The van der Waals surface area contributed by atoms with E-state index in [0.29, 0.717) is 0 Å². The zero-order valence-corrected chi connectivity index (χ0v) is 11.9. The molecule has 0 fully saturated rings. The number of nitrogen functional groups attached to an aromatic ring is 1. The predicted octanol–water partition coefficient (Wildman–Crippen LogP) is 4.48. The monoisotopic (exact) mass is 239 g/mol. The van der Waals surface area contributed by atoms with Crippen molar-refractivity contribution in [2.45, 2.75) is 34.6 Å². The van der Waals surface area contributed by atoms with Crippen molar-refractivity contribution >= 4 is 5.69 Å². The Bertz CT molecular complexity index is 583. The molecule has 0 aromatic heterocycles. The molecule has 18 heavy (non-hydrogen) atoms. The fourth-order valence-corrected chi connectivity index (χ4v) is 2.48. The van der Waals surface area contributed by atoms with Gasteiger partial charge in [0.1, 0.15) is 0 Å². The van der Waals surface area contributed by atoms with Crippen molar-refractivity contribution in [1.29, 1.82) is 0 Å². The Morgan fingerprint density at radius 1 is 0.722 bits per heavy atom. The Labute approximate surface area is 110 Å². The van der Waals surface area contributed by atoms with Gasteiger partial charge in [-0.1, -0.05) is 12.1 Å². The molecule has 2 aromatic rings. The smallest absolute Gasteiger partial charge is 0.0344 e. The second-order valence-corrected chi connectivity index (χ2v) is 5.21. The van der Waals surface area contributed by atoms with Crippen molar-refractivity contribution in [3.05, 3.63) is 52.1 Å². The molecule has 0 unspecified atom stereocenters. The van der Waals surface area contributed by atoms with Gasteiger partial charge in [-0.15, -0.1) is 0 Å². The van der Waals surface area contributed by atoms with Crippen molar-refractivity contribution in [3.8, 4) is 11.1 Å². The van der Waals surface area contributed by atoms with Crippen LogP contribution < -0.4 is 5.73 Å². The van der Waals surface area contributed by atoms with Crippen LogP contribution in [0.25, 0.3) is 11.1 Å². The zero-order valence-electron chi connectivity index (χ0n) is 11.9. The van der Waals surface area contributed by atoms with Gasteiger partial charge in [-0.25, -0.2) is 0 Å². The molecule has 2 aromatic carbocycles. The van der Waals surface area contributed by atoms with Gasteiger partial charge >= 0.3 is 0 Å². The molecule has 0 spiro atoms. The van der Waals surface area contributed by atoms with Crippen molar-refractivity contribution < 1.29 is 0 Å². The van der Waals surface area contributed by atoms with Gasteiger partial charge in [-0.2, -0.15) is 0 Å². The van der Waals surface area contributed by atoms with Crippen molar-refractivity contribution in [3.63, 3.8) is 0 Å². The molecule has 0 atom stereocenters. The maximum Gasteiger partial charge on any atom is 0.0344 e.